The zero-order valence-electron chi connectivity index (χ0n) is 10.7. The predicted octanol–water partition coefficient (Wildman–Crippen LogP) is 2.32. The molecule has 0 spiro atoms. The molecule has 1 aliphatic carbocycles. The molecule has 5 nitrogen and oxygen atoms in total. The van der Waals surface area contributed by atoms with Gasteiger partial charge in [-0.3, -0.25) is 0 Å². The number of hydrogen-bond acceptors (Lipinski definition) is 3. The highest BCUT2D eigenvalue weighted by Gasteiger charge is 2.34. The van der Waals surface area contributed by atoms with Gasteiger partial charge in [-0.05, 0) is 31.4 Å². The van der Waals surface area contributed by atoms with Gasteiger partial charge in [0.2, 0.25) is 0 Å². The Morgan fingerprint density at radius 1 is 1.45 bits per heavy atom. The zero-order chi connectivity index (χ0) is 14.6. The molecule has 1 aliphatic rings. The van der Waals surface area contributed by atoms with E-state index in [4.69, 9.17) is 0 Å². The van der Waals surface area contributed by atoms with Crippen LogP contribution in [0, 0.1) is 0 Å². The summed E-state index contributed by atoms with van der Waals surface area (Å²) in [5, 5.41) is 14.9. The average Bonchev–Trinajstić information content (AvgIpc) is 2.33. The number of rotatable bonds is 5. The first kappa shape index (κ1) is 14.5. The highest BCUT2D eigenvalue weighted by molar-refractivity contribution is 5.89. The van der Waals surface area contributed by atoms with E-state index in [2.05, 4.69) is 15.4 Å². The molecule has 1 saturated carbocycles. The fourth-order valence-corrected chi connectivity index (χ4v) is 1.93. The first-order valence-corrected chi connectivity index (χ1v) is 6.29. The third-order valence-corrected chi connectivity index (χ3v) is 3.18. The number of carbonyl (C=O) groups is 1. The highest BCUT2D eigenvalue weighted by atomic mass is 19.3. The van der Waals surface area contributed by atoms with E-state index in [9.17, 15) is 18.7 Å². The quantitative estimate of drug-likeness (QED) is 0.778. The molecule has 0 bridgehead atoms. The van der Waals surface area contributed by atoms with Gasteiger partial charge in [0, 0.05) is 18.3 Å². The maximum atomic E-state index is 12.1. The number of ether oxygens (including phenoxy) is 1. The number of halogens is 2. The van der Waals surface area contributed by atoms with Gasteiger partial charge < -0.3 is 20.5 Å². The molecule has 110 valence electrons. The molecule has 0 atom stereocenters. The van der Waals surface area contributed by atoms with E-state index in [1.807, 2.05) is 0 Å². The van der Waals surface area contributed by atoms with Crippen LogP contribution < -0.4 is 15.4 Å². The van der Waals surface area contributed by atoms with Gasteiger partial charge in [-0.2, -0.15) is 8.78 Å². The third kappa shape index (κ3) is 4.06. The van der Waals surface area contributed by atoms with E-state index in [-0.39, 0.29) is 12.3 Å². The predicted molar refractivity (Wildman–Crippen MR) is 68.9 cm³/mol. The lowest BCUT2D eigenvalue weighted by Crippen LogP contribution is -2.48. The molecule has 20 heavy (non-hydrogen) atoms. The van der Waals surface area contributed by atoms with Crippen LogP contribution >= 0.6 is 0 Å². The summed E-state index contributed by atoms with van der Waals surface area (Å²) in [4.78, 5) is 11.6. The molecule has 2 amide bonds. The summed E-state index contributed by atoms with van der Waals surface area (Å²) in [7, 11) is 0. The lowest BCUT2D eigenvalue weighted by Gasteiger charge is -2.36. The van der Waals surface area contributed by atoms with Crippen molar-refractivity contribution in [3.63, 3.8) is 0 Å². The Morgan fingerprint density at radius 2 is 2.20 bits per heavy atom. The first-order chi connectivity index (χ1) is 9.47. The normalized spacial score (nSPS) is 16.4. The van der Waals surface area contributed by atoms with E-state index in [0.717, 1.165) is 6.42 Å². The van der Waals surface area contributed by atoms with Crippen LogP contribution in [0.15, 0.2) is 24.3 Å². The fourth-order valence-electron chi connectivity index (χ4n) is 1.93. The summed E-state index contributed by atoms with van der Waals surface area (Å²) in [5.74, 6) is -0.0320. The van der Waals surface area contributed by atoms with Gasteiger partial charge >= 0.3 is 12.6 Å². The third-order valence-electron chi connectivity index (χ3n) is 3.18. The average molecular weight is 286 g/mol. The van der Waals surface area contributed by atoms with Gasteiger partial charge in [-0.1, -0.05) is 6.07 Å². The number of amides is 2. The molecule has 0 unspecified atom stereocenters. The zero-order valence-corrected chi connectivity index (χ0v) is 10.7. The number of anilines is 1. The van der Waals surface area contributed by atoms with Crippen LogP contribution in [0.3, 0.4) is 0 Å². The van der Waals surface area contributed by atoms with Gasteiger partial charge in [0.25, 0.3) is 0 Å². The molecule has 0 heterocycles. The molecule has 0 aromatic heterocycles. The van der Waals surface area contributed by atoms with Gasteiger partial charge in [0.15, 0.2) is 0 Å². The largest absolute Gasteiger partial charge is 0.435 e. The molecule has 0 radical (unpaired) electrons. The number of alkyl halides is 2. The number of nitrogens with one attached hydrogen (secondary N) is 2. The summed E-state index contributed by atoms with van der Waals surface area (Å²) in [5.41, 5.74) is -0.473. The van der Waals surface area contributed by atoms with E-state index >= 15 is 0 Å². The van der Waals surface area contributed by atoms with Gasteiger partial charge in [0.05, 0.1) is 5.60 Å². The van der Waals surface area contributed by atoms with Crippen LogP contribution in [0.4, 0.5) is 19.3 Å². The summed E-state index contributed by atoms with van der Waals surface area (Å²) in [6.45, 7) is -2.74. The van der Waals surface area contributed by atoms with Gasteiger partial charge in [-0.15, -0.1) is 0 Å². The second kappa shape index (κ2) is 6.04. The Balaban J connectivity index is 1.84. The molecule has 1 aromatic rings. The molecule has 0 saturated heterocycles. The van der Waals surface area contributed by atoms with E-state index in [1.165, 1.54) is 18.2 Å². The van der Waals surface area contributed by atoms with Crippen molar-refractivity contribution < 1.29 is 23.4 Å². The van der Waals surface area contributed by atoms with Crippen molar-refractivity contribution in [3.05, 3.63) is 24.3 Å². The summed E-state index contributed by atoms with van der Waals surface area (Å²) >= 11 is 0. The molecule has 3 N–H and O–H groups in total. The van der Waals surface area contributed by atoms with Crippen LogP contribution in [0.2, 0.25) is 0 Å². The molecule has 1 fully saturated rings. The lowest BCUT2D eigenvalue weighted by molar-refractivity contribution is -0.0498. The van der Waals surface area contributed by atoms with E-state index in [1.54, 1.807) is 6.07 Å². The Labute approximate surface area is 114 Å². The molecule has 1 aromatic carbocycles. The standard InChI is InChI=1S/C13H16F2N2O3/c14-11(15)20-10-4-1-3-9(7-10)17-12(18)16-8-13(19)5-2-6-13/h1,3-4,7,11,19H,2,5-6,8H2,(H2,16,17,18). The van der Waals surface area contributed by atoms with Crippen molar-refractivity contribution in [2.45, 2.75) is 31.5 Å². The van der Waals surface area contributed by atoms with Crippen LogP contribution in [0.25, 0.3) is 0 Å². The minimum atomic E-state index is -2.91. The highest BCUT2D eigenvalue weighted by Crippen LogP contribution is 2.30. The monoisotopic (exact) mass is 286 g/mol. The van der Waals surface area contributed by atoms with Crippen molar-refractivity contribution in [3.8, 4) is 5.75 Å². The van der Waals surface area contributed by atoms with Crippen molar-refractivity contribution in [1.82, 2.24) is 5.32 Å². The number of carbonyl (C=O) groups excluding carboxylic acids is 1. The number of aliphatic hydroxyl groups is 1. The van der Waals surface area contributed by atoms with Crippen LogP contribution in [0.1, 0.15) is 19.3 Å². The van der Waals surface area contributed by atoms with Crippen LogP contribution in [-0.2, 0) is 0 Å². The molecule has 0 aliphatic heterocycles. The Kier molecular flexibility index (Phi) is 4.39. The number of hydrogen-bond donors (Lipinski definition) is 3. The van der Waals surface area contributed by atoms with Crippen LogP contribution in [0.5, 0.6) is 5.75 Å². The SMILES string of the molecule is O=C(NCC1(O)CCC1)Nc1cccc(OC(F)F)c1. The molecular formula is C13H16F2N2O3. The maximum Gasteiger partial charge on any atom is 0.387 e. The lowest BCUT2D eigenvalue weighted by atomic mass is 9.80. The first-order valence-electron chi connectivity index (χ1n) is 6.29. The Hall–Kier alpha value is -1.89. The minimum absolute atomic E-state index is 0.0320. The molecule has 2 rings (SSSR count). The summed E-state index contributed by atoms with van der Waals surface area (Å²) in [6.07, 6.45) is 2.29. The van der Waals surface area contributed by atoms with Crippen LogP contribution in [-0.4, -0.2) is 29.9 Å². The topological polar surface area (TPSA) is 70.6 Å². The fraction of sp³-hybridized carbons (Fsp3) is 0.462. The van der Waals surface area contributed by atoms with E-state index in [0.29, 0.717) is 18.5 Å². The van der Waals surface area contributed by atoms with Crippen molar-refractivity contribution in [2.75, 3.05) is 11.9 Å². The second-order valence-corrected chi connectivity index (χ2v) is 4.79. The van der Waals surface area contributed by atoms with Crippen molar-refractivity contribution in [1.29, 1.82) is 0 Å². The summed E-state index contributed by atoms with van der Waals surface area (Å²) in [6, 6.07) is 5.21. The summed E-state index contributed by atoms with van der Waals surface area (Å²) < 4.78 is 28.4. The number of urea groups is 1. The second-order valence-electron chi connectivity index (χ2n) is 4.79. The maximum absolute atomic E-state index is 12.1. The molecular weight excluding hydrogens is 270 g/mol. The van der Waals surface area contributed by atoms with Gasteiger partial charge in [-0.25, -0.2) is 4.79 Å². The number of benzene rings is 1. The van der Waals surface area contributed by atoms with E-state index < -0.39 is 18.2 Å². The van der Waals surface area contributed by atoms with Gasteiger partial charge in [0.1, 0.15) is 5.75 Å². The molecule has 7 heteroatoms. The minimum Gasteiger partial charge on any atom is -0.435 e. The Morgan fingerprint density at radius 3 is 2.80 bits per heavy atom. The van der Waals surface area contributed by atoms with Crippen molar-refractivity contribution >= 4 is 11.7 Å². The Bertz CT molecular complexity index is 478. The van der Waals surface area contributed by atoms with Crippen molar-refractivity contribution in [2.24, 2.45) is 0 Å². The smallest absolute Gasteiger partial charge is 0.387 e.